The Balaban J connectivity index is 1.56. The predicted molar refractivity (Wildman–Crippen MR) is 119 cm³/mol. The molecule has 0 bridgehead atoms. The third-order valence-corrected chi connectivity index (χ3v) is 5.46. The Bertz CT molecular complexity index is 1140. The highest BCUT2D eigenvalue weighted by Crippen LogP contribution is 2.37. The third kappa shape index (κ3) is 3.53. The number of carbonyl (C=O) groups excluding carboxylic acids is 4. The highest BCUT2D eigenvalue weighted by atomic mass is 16.5. The second kappa shape index (κ2) is 7.96. The van der Waals surface area contributed by atoms with Crippen LogP contribution in [0.4, 0.5) is 11.4 Å². The van der Waals surface area contributed by atoms with E-state index in [0.29, 0.717) is 23.7 Å². The van der Waals surface area contributed by atoms with Crippen LogP contribution in [-0.2, 0) is 9.59 Å². The minimum atomic E-state index is -1.03. The van der Waals surface area contributed by atoms with Gasteiger partial charge in [-0.2, -0.15) is 0 Å². The number of hydrogen-bond acceptors (Lipinski definition) is 5. The number of benzene rings is 2. The first-order valence-corrected chi connectivity index (χ1v) is 10.2. The van der Waals surface area contributed by atoms with Gasteiger partial charge in [-0.15, -0.1) is 0 Å². The van der Waals surface area contributed by atoms with E-state index in [1.165, 1.54) is 6.92 Å². The largest absolute Gasteiger partial charge is 0.479 e. The fourth-order valence-corrected chi connectivity index (χ4v) is 3.84. The molecule has 0 saturated carbocycles. The smallest absolute Gasteiger partial charge is 0.268 e. The molecule has 164 valence electrons. The van der Waals surface area contributed by atoms with Crippen molar-refractivity contribution in [3.63, 3.8) is 0 Å². The van der Waals surface area contributed by atoms with Crippen molar-refractivity contribution >= 4 is 35.0 Å². The van der Waals surface area contributed by atoms with Gasteiger partial charge in [0.15, 0.2) is 6.10 Å². The van der Waals surface area contributed by atoms with Gasteiger partial charge in [0, 0.05) is 12.2 Å². The van der Waals surface area contributed by atoms with Gasteiger partial charge in [0.25, 0.3) is 17.7 Å². The molecule has 2 aliphatic heterocycles. The number of fused-ring (bicyclic) bond motifs is 2. The van der Waals surface area contributed by atoms with Crippen LogP contribution < -0.4 is 15.0 Å². The van der Waals surface area contributed by atoms with E-state index >= 15 is 0 Å². The minimum Gasteiger partial charge on any atom is -0.479 e. The summed E-state index contributed by atoms with van der Waals surface area (Å²) in [7, 11) is 0. The van der Waals surface area contributed by atoms with Gasteiger partial charge < -0.3 is 15.0 Å². The Morgan fingerprint density at radius 1 is 1.12 bits per heavy atom. The maximum Gasteiger partial charge on any atom is 0.268 e. The monoisotopic (exact) mass is 433 g/mol. The van der Waals surface area contributed by atoms with E-state index in [9.17, 15) is 19.2 Å². The van der Waals surface area contributed by atoms with Gasteiger partial charge in [0.05, 0.1) is 16.8 Å². The number of hydrogen-bond donors (Lipinski definition) is 1. The molecular formula is C24H23N3O5. The lowest BCUT2D eigenvalue weighted by atomic mass is 10.1. The lowest BCUT2D eigenvalue weighted by Gasteiger charge is -2.33. The lowest BCUT2D eigenvalue weighted by Crippen LogP contribution is -2.46. The first-order chi connectivity index (χ1) is 15.2. The van der Waals surface area contributed by atoms with Crippen LogP contribution in [0.5, 0.6) is 5.75 Å². The molecule has 2 unspecified atom stereocenters. The average molecular weight is 433 g/mol. The summed E-state index contributed by atoms with van der Waals surface area (Å²) in [6.07, 6.45) is -0.629. The molecule has 0 aromatic heterocycles. The van der Waals surface area contributed by atoms with Crippen LogP contribution in [0.15, 0.2) is 54.6 Å². The van der Waals surface area contributed by atoms with Crippen LogP contribution in [0.2, 0.25) is 0 Å². The van der Waals surface area contributed by atoms with E-state index in [-0.39, 0.29) is 17.0 Å². The molecule has 8 nitrogen and oxygen atoms in total. The predicted octanol–water partition coefficient (Wildman–Crippen LogP) is 3.00. The molecular weight excluding hydrogens is 410 g/mol. The highest BCUT2D eigenvalue weighted by Gasteiger charge is 2.40. The molecule has 0 spiro atoms. The fourth-order valence-electron chi connectivity index (χ4n) is 3.84. The highest BCUT2D eigenvalue weighted by molar-refractivity contribution is 6.23. The molecule has 1 N–H and O–H groups in total. The zero-order valence-electron chi connectivity index (χ0n) is 18.0. The number of nitrogens with zero attached hydrogens (tertiary/aromatic N) is 2. The summed E-state index contributed by atoms with van der Waals surface area (Å²) in [6, 6.07) is 10.4. The molecule has 0 aliphatic carbocycles. The van der Waals surface area contributed by atoms with E-state index in [2.05, 4.69) is 11.9 Å². The van der Waals surface area contributed by atoms with Crippen LogP contribution in [0.3, 0.4) is 0 Å². The molecule has 2 aromatic rings. The molecule has 2 heterocycles. The fraction of sp³-hybridized carbons (Fsp3) is 0.250. The van der Waals surface area contributed by atoms with Crippen LogP contribution in [0.25, 0.3) is 0 Å². The maximum atomic E-state index is 12.9. The van der Waals surface area contributed by atoms with Crippen molar-refractivity contribution in [1.82, 2.24) is 4.90 Å². The van der Waals surface area contributed by atoms with Crippen molar-refractivity contribution in [2.75, 3.05) is 16.8 Å². The van der Waals surface area contributed by atoms with Gasteiger partial charge in [0.2, 0.25) is 5.91 Å². The van der Waals surface area contributed by atoms with Gasteiger partial charge in [-0.25, -0.2) is 0 Å². The molecule has 0 saturated heterocycles. The van der Waals surface area contributed by atoms with Crippen molar-refractivity contribution in [1.29, 1.82) is 0 Å². The SMILES string of the molecule is C=C(C)CN1C(=O)C(C)Oc2ccc(NC(=O)C(C)N3C(=O)c4ccccc4C3=O)cc21. The van der Waals surface area contributed by atoms with E-state index in [1.807, 2.05) is 6.92 Å². The van der Waals surface area contributed by atoms with Crippen LogP contribution in [-0.4, -0.2) is 47.2 Å². The molecule has 2 aromatic carbocycles. The number of rotatable bonds is 5. The Morgan fingerprint density at radius 2 is 1.75 bits per heavy atom. The molecule has 2 atom stereocenters. The zero-order valence-corrected chi connectivity index (χ0v) is 18.0. The zero-order chi connectivity index (χ0) is 23.2. The van der Waals surface area contributed by atoms with Gasteiger partial charge in [-0.1, -0.05) is 24.3 Å². The Labute approximate surface area is 185 Å². The van der Waals surface area contributed by atoms with Crippen molar-refractivity contribution in [3.8, 4) is 5.75 Å². The van der Waals surface area contributed by atoms with Crippen LogP contribution in [0, 0.1) is 0 Å². The lowest BCUT2D eigenvalue weighted by molar-refractivity contribution is -0.125. The molecule has 4 rings (SSSR count). The summed E-state index contributed by atoms with van der Waals surface area (Å²) < 4.78 is 5.68. The standard InChI is InChI=1S/C24H23N3O5/c1-13(2)12-26-19-11-16(9-10-20(19)32-15(4)22(26)29)25-21(28)14(3)27-23(30)17-7-5-6-8-18(17)24(27)31/h5-11,14-15H,1,12H2,2-4H3,(H,25,28). The van der Waals surface area contributed by atoms with Gasteiger partial charge >= 0.3 is 0 Å². The summed E-state index contributed by atoms with van der Waals surface area (Å²) in [6.45, 7) is 9.19. The first kappa shape index (κ1) is 21.3. The Hall–Kier alpha value is -3.94. The van der Waals surface area contributed by atoms with Gasteiger partial charge in [0.1, 0.15) is 11.8 Å². The van der Waals surface area contributed by atoms with Crippen molar-refractivity contribution in [2.45, 2.75) is 32.9 Å². The van der Waals surface area contributed by atoms with E-state index in [1.54, 1.807) is 54.3 Å². The molecule has 32 heavy (non-hydrogen) atoms. The second-order valence-corrected chi connectivity index (χ2v) is 8.02. The van der Waals surface area contributed by atoms with Crippen molar-refractivity contribution in [3.05, 3.63) is 65.7 Å². The Morgan fingerprint density at radius 3 is 2.34 bits per heavy atom. The summed E-state index contributed by atoms with van der Waals surface area (Å²) in [5.41, 5.74) is 2.29. The second-order valence-electron chi connectivity index (χ2n) is 8.02. The first-order valence-electron chi connectivity index (χ1n) is 10.2. The summed E-state index contributed by atoms with van der Waals surface area (Å²) in [5.74, 6) is -1.21. The number of imide groups is 1. The third-order valence-electron chi connectivity index (χ3n) is 5.46. The Kier molecular flexibility index (Phi) is 5.30. The van der Waals surface area contributed by atoms with Crippen LogP contribution >= 0.6 is 0 Å². The molecule has 0 radical (unpaired) electrons. The number of anilines is 2. The average Bonchev–Trinajstić information content (AvgIpc) is 3.01. The number of ether oxygens (including phenoxy) is 1. The van der Waals surface area contributed by atoms with Crippen molar-refractivity contribution in [2.24, 2.45) is 0 Å². The molecule has 0 fully saturated rings. The van der Waals surface area contributed by atoms with Gasteiger partial charge in [-0.3, -0.25) is 24.1 Å². The molecule has 2 aliphatic rings. The topological polar surface area (TPSA) is 96.0 Å². The van der Waals surface area contributed by atoms with Crippen molar-refractivity contribution < 1.29 is 23.9 Å². The summed E-state index contributed by atoms with van der Waals surface area (Å²) in [4.78, 5) is 53.4. The van der Waals surface area contributed by atoms with Gasteiger partial charge in [-0.05, 0) is 51.1 Å². The summed E-state index contributed by atoms with van der Waals surface area (Å²) in [5, 5.41) is 2.74. The summed E-state index contributed by atoms with van der Waals surface area (Å²) >= 11 is 0. The molecule has 8 heteroatoms. The molecule has 4 amide bonds. The van der Waals surface area contributed by atoms with E-state index < -0.39 is 29.9 Å². The maximum absolute atomic E-state index is 12.9. The number of carbonyl (C=O) groups is 4. The minimum absolute atomic E-state index is 0.205. The van der Waals surface area contributed by atoms with E-state index in [4.69, 9.17) is 4.74 Å². The normalized spacial score (nSPS) is 18.1. The number of amides is 4. The van der Waals surface area contributed by atoms with E-state index in [0.717, 1.165) is 10.5 Å². The quantitative estimate of drug-likeness (QED) is 0.578. The van der Waals surface area contributed by atoms with Crippen LogP contribution in [0.1, 0.15) is 41.5 Å². The number of nitrogens with one attached hydrogen (secondary N) is 1.